The molecule has 1 unspecified atom stereocenters. The molecule has 0 aliphatic rings. The number of hydrogen-bond acceptors (Lipinski definition) is 3. The fourth-order valence-corrected chi connectivity index (χ4v) is 1.88. The summed E-state index contributed by atoms with van der Waals surface area (Å²) in [6.07, 6.45) is 2.07. The van der Waals surface area contributed by atoms with Gasteiger partial charge in [-0.25, -0.2) is 0 Å². The van der Waals surface area contributed by atoms with E-state index in [0.717, 1.165) is 37.2 Å². The monoisotopic (exact) mass is 264 g/mol. The molecule has 1 amide bonds. The van der Waals surface area contributed by atoms with Gasteiger partial charge in [-0.15, -0.1) is 0 Å². The van der Waals surface area contributed by atoms with Crippen LogP contribution in [0, 0.1) is 5.92 Å². The largest absolute Gasteiger partial charge is 0.396 e. The van der Waals surface area contributed by atoms with E-state index in [0.29, 0.717) is 5.92 Å². The van der Waals surface area contributed by atoms with Crippen LogP contribution >= 0.6 is 0 Å². The van der Waals surface area contributed by atoms with Crippen molar-refractivity contribution >= 4 is 11.6 Å². The van der Waals surface area contributed by atoms with E-state index in [1.54, 1.807) is 0 Å². The van der Waals surface area contributed by atoms with Crippen LogP contribution in [0.5, 0.6) is 0 Å². The zero-order valence-corrected chi connectivity index (χ0v) is 11.8. The second kappa shape index (κ2) is 8.67. The summed E-state index contributed by atoms with van der Waals surface area (Å²) >= 11 is 0. The Kier molecular flexibility index (Phi) is 7.15. The van der Waals surface area contributed by atoms with E-state index in [2.05, 4.69) is 10.6 Å². The minimum Gasteiger partial charge on any atom is -0.396 e. The quantitative estimate of drug-likeness (QED) is 0.630. The molecule has 19 heavy (non-hydrogen) atoms. The van der Waals surface area contributed by atoms with Crippen molar-refractivity contribution in [2.24, 2.45) is 5.92 Å². The van der Waals surface area contributed by atoms with Crippen molar-refractivity contribution in [2.45, 2.75) is 33.2 Å². The van der Waals surface area contributed by atoms with Crippen LogP contribution in [0.2, 0.25) is 0 Å². The molecule has 1 aromatic carbocycles. The Balaban J connectivity index is 2.34. The van der Waals surface area contributed by atoms with Gasteiger partial charge in [-0.05, 0) is 36.9 Å². The third-order valence-corrected chi connectivity index (χ3v) is 3.01. The predicted molar refractivity (Wildman–Crippen MR) is 77.9 cm³/mol. The first kappa shape index (κ1) is 15.7. The second-order valence-electron chi connectivity index (χ2n) is 4.95. The summed E-state index contributed by atoms with van der Waals surface area (Å²) in [7, 11) is 0. The standard InChI is InChI=1S/C15H24N2O2/c1-12(11-18)6-5-9-16-10-14-7-3-4-8-15(14)17-13(2)19/h3-4,7-8,12,16,18H,5-6,9-11H2,1-2H3,(H,17,19). The zero-order chi connectivity index (χ0) is 14.1. The summed E-state index contributed by atoms with van der Waals surface area (Å²) in [6.45, 7) is 5.47. The Morgan fingerprint density at radius 2 is 2.11 bits per heavy atom. The summed E-state index contributed by atoms with van der Waals surface area (Å²) in [6, 6.07) is 7.80. The summed E-state index contributed by atoms with van der Waals surface area (Å²) < 4.78 is 0. The Morgan fingerprint density at radius 1 is 1.37 bits per heavy atom. The minimum absolute atomic E-state index is 0.0516. The molecular weight excluding hydrogens is 240 g/mol. The molecule has 0 bridgehead atoms. The van der Waals surface area contributed by atoms with Crippen molar-refractivity contribution in [1.82, 2.24) is 5.32 Å². The topological polar surface area (TPSA) is 61.4 Å². The molecule has 0 spiro atoms. The molecule has 1 aromatic rings. The number of nitrogens with one attached hydrogen (secondary N) is 2. The van der Waals surface area contributed by atoms with Gasteiger partial charge in [0.2, 0.25) is 5.91 Å². The predicted octanol–water partition coefficient (Wildman–Crippen LogP) is 2.14. The molecule has 0 heterocycles. The van der Waals surface area contributed by atoms with E-state index in [-0.39, 0.29) is 12.5 Å². The first-order valence-electron chi connectivity index (χ1n) is 6.80. The van der Waals surface area contributed by atoms with E-state index in [1.165, 1.54) is 6.92 Å². The molecule has 0 radical (unpaired) electrons. The molecule has 1 rings (SSSR count). The van der Waals surface area contributed by atoms with Gasteiger partial charge in [0.05, 0.1) is 0 Å². The van der Waals surface area contributed by atoms with E-state index in [9.17, 15) is 4.79 Å². The highest BCUT2D eigenvalue weighted by atomic mass is 16.3. The number of rotatable bonds is 8. The lowest BCUT2D eigenvalue weighted by atomic mass is 10.1. The summed E-state index contributed by atoms with van der Waals surface area (Å²) in [5.74, 6) is 0.317. The van der Waals surface area contributed by atoms with Crippen molar-refractivity contribution in [3.63, 3.8) is 0 Å². The van der Waals surface area contributed by atoms with Crippen LogP contribution in [-0.2, 0) is 11.3 Å². The highest BCUT2D eigenvalue weighted by Gasteiger charge is 2.03. The van der Waals surface area contributed by atoms with E-state index in [4.69, 9.17) is 5.11 Å². The third kappa shape index (κ3) is 6.36. The minimum atomic E-state index is -0.0516. The van der Waals surface area contributed by atoms with E-state index >= 15 is 0 Å². The fourth-order valence-electron chi connectivity index (χ4n) is 1.88. The van der Waals surface area contributed by atoms with Gasteiger partial charge in [0.1, 0.15) is 0 Å². The Hall–Kier alpha value is -1.39. The van der Waals surface area contributed by atoms with Crippen LogP contribution in [-0.4, -0.2) is 24.2 Å². The molecule has 4 heteroatoms. The van der Waals surface area contributed by atoms with Crippen molar-refractivity contribution < 1.29 is 9.90 Å². The van der Waals surface area contributed by atoms with Crippen LogP contribution in [0.1, 0.15) is 32.3 Å². The normalized spacial score (nSPS) is 12.2. The number of aliphatic hydroxyl groups is 1. The average molecular weight is 264 g/mol. The molecule has 4 nitrogen and oxygen atoms in total. The molecular formula is C15H24N2O2. The number of benzene rings is 1. The van der Waals surface area contributed by atoms with E-state index in [1.807, 2.05) is 31.2 Å². The zero-order valence-electron chi connectivity index (χ0n) is 11.8. The Morgan fingerprint density at radius 3 is 2.79 bits per heavy atom. The Labute approximate surface area is 115 Å². The Bertz CT molecular complexity index is 393. The highest BCUT2D eigenvalue weighted by molar-refractivity contribution is 5.89. The van der Waals surface area contributed by atoms with Crippen molar-refractivity contribution in [1.29, 1.82) is 0 Å². The number of hydrogen-bond donors (Lipinski definition) is 3. The SMILES string of the molecule is CC(=O)Nc1ccccc1CNCCCC(C)CO. The maximum Gasteiger partial charge on any atom is 0.221 e. The maximum atomic E-state index is 11.1. The van der Waals surface area contributed by atoms with Crippen molar-refractivity contribution in [2.75, 3.05) is 18.5 Å². The van der Waals surface area contributed by atoms with Gasteiger partial charge in [0.15, 0.2) is 0 Å². The lowest BCUT2D eigenvalue weighted by molar-refractivity contribution is -0.114. The lowest BCUT2D eigenvalue weighted by Gasteiger charge is -2.11. The summed E-state index contributed by atoms with van der Waals surface area (Å²) in [5, 5.41) is 15.1. The number of carbonyl (C=O) groups is 1. The summed E-state index contributed by atoms with van der Waals surface area (Å²) in [4.78, 5) is 11.1. The van der Waals surface area contributed by atoms with Gasteiger partial charge >= 0.3 is 0 Å². The molecule has 3 N–H and O–H groups in total. The van der Waals surface area contributed by atoms with Gasteiger partial charge in [0, 0.05) is 25.8 Å². The number of carbonyl (C=O) groups excluding carboxylic acids is 1. The second-order valence-corrected chi connectivity index (χ2v) is 4.95. The lowest BCUT2D eigenvalue weighted by Crippen LogP contribution is -2.18. The molecule has 0 fully saturated rings. The third-order valence-electron chi connectivity index (χ3n) is 3.01. The van der Waals surface area contributed by atoms with Crippen molar-refractivity contribution in [3.05, 3.63) is 29.8 Å². The first-order valence-corrected chi connectivity index (χ1v) is 6.80. The van der Waals surface area contributed by atoms with Crippen LogP contribution in [0.25, 0.3) is 0 Å². The summed E-state index contributed by atoms with van der Waals surface area (Å²) in [5.41, 5.74) is 1.96. The molecule has 106 valence electrons. The van der Waals surface area contributed by atoms with Gasteiger partial charge < -0.3 is 15.7 Å². The van der Waals surface area contributed by atoms with Gasteiger partial charge in [0.25, 0.3) is 0 Å². The number of amides is 1. The van der Waals surface area contributed by atoms with Gasteiger partial charge in [-0.3, -0.25) is 4.79 Å². The fraction of sp³-hybridized carbons (Fsp3) is 0.533. The molecule has 0 saturated heterocycles. The van der Waals surface area contributed by atoms with Crippen molar-refractivity contribution in [3.8, 4) is 0 Å². The first-order chi connectivity index (χ1) is 9.13. The van der Waals surface area contributed by atoms with Crippen LogP contribution in [0.15, 0.2) is 24.3 Å². The maximum absolute atomic E-state index is 11.1. The van der Waals surface area contributed by atoms with E-state index < -0.39 is 0 Å². The van der Waals surface area contributed by atoms with Crippen LogP contribution in [0.4, 0.5) is 5.69 Å². The number of aliphatic hydroxyl groups excluding tert-OH is 1. The van der Waals surface area contributed by atoms with Crippen LogP contribution in [0.3, 0.4) is 0 Å². The highest BCUT2D eigenvalue weighted by Crippen LogP contribution is 2.14. The molecule has 0 aliphatic heterocycles. The molecule has 0 aromatic heterocycles. The molecule has 0 saturated carbocycles. The van der Waals surface area contributed by atoms with Gasteiger partial charge in [-0.1, -0.05) is 25.1 Å². The van der Waals surface area contributed by atoms with Crippen LogP contribution < -0.4 is 10.6 Å². The smallest absolute Gasteiger partial charge is 0.221 e. The number of anilines is 1. The molecule has 1 atom stereocenters. The molecule has 0 aliphatic carbocycles. The average Bonchev–Trinajstić information content (AvgIpc) is 2.39. The number of para-hydroxylation sites is 1. The van der Waals surface area contributed by atoms with Gasteiger partial charge in [-0.2, -0.15) is 0 Å².